The summed E-state index contributed by atoms with van der Waals surface area (Å²) in [5, 5.41) is 11.8. The largest absolute Gasteiger partial charge is 0.478 e. The summed E-state index contributed by atoms with van der Waals surface area (Å²) in [6.45, 7) is 1.74. The van der Waals surface area contributed by atoms with Gasteiger partial charge in [0.2, 0.25) is 6.10 Å². The lowest BCUT2D eigenvalue weighted by atomic mass is 10.2. The van der Waals surface area contributed by atoms with Crippen LogP contribution in [0.2, 0.25) is 0 Å². The normalized spacial score (nSPS) is 25.0. The second-order valence-corrected chi connectivity index (χ2v) is 1.96. The van der Waals surface area contributed by atoms with Crippen molar-refractivity contribution in [3.05, 3.63) is 0 Å². The first-order chi connectivity index (χ1) is 4.20. The Morgan fingerprint density at radius 3 is 2.89 bits per heavy atom. The van der Waals surface area contributed by atoms with Crippen molar-refractivity contribution in [2.45, 2.75) is 19.4 Å². The van der Waals surface area contributed by atoms with Crippen molar-refractivity contribution in [1.82, 2.24) is 0 Å². The molecule has 1 N–H and O–H groups in total. The molecule has 9 heavy (non-hydrogen) atoms. The molecule has 1 aliphatic rings. The number of hydrogen-bond donors (Lipinski definition) is 1. The van der Waals surface area contributed by atoms with E-state index in [2.05, 4.69) is 9.99 Å². The third kappa shape index (κ3) is 1.19. The molecule has 4 heteroatoms. The lowest BCUT2D eigenvalue weighted by Gasteiger charge is -1.97. The van der Waals surface area contributed by atoms with Gasteiger partial charge in [0.25, 0.3) is 0 Å². The van der Waals surface area contributed by atoms with Crippen molar-refractivity contribution < 1.29 is 14.7 Å². The Labute approximate surface area is 52.1 Å². The molecule has 4 nitrogen and oxygen atoms in total. The van der Waals surface area contributed by atoms with Gasteiger partial charge in [0, 0.05) is 6.42 Å². The van der Waals surface area contributed by atoms with Crippen LogP contribution in [-0.4, -0.2) is 22.9 Å². The number of carboxylic acids is 1. The summed E-state index contributed by atoms with van der Waals surface area (Å²) in [5.41, 5.74) is 0.738. The van der Waals surface area contributed by atoms with Gasteiger partial charge in [-0.25, -0.2) is 4.79 Å². The number of oxime groups is 1. The van der Waals surface area contributed by atoms with Gasteiger partial charge in [-0.3, -0.25) is 0 Å². The van der Waals surface area contributed by atoms with E-state index in [-0.39, 0.29) is 0 Å². The molecule has 0 radical (unpaired) electrons. The molecule has 1 aliphatic heterocycles. The predicted molar refractivity (Wildman–Crippen MR) is 30.2 cm³/mol. The Bertz CT molecular complexity index is 164. The third-order valence-corrected chi connectivity index (χ3v) is 1.09. The highest BCUT2D eigenvalue weighted by molar-refractivity contribution is 5.88. The number of carboxylic acid groups (broad SMARTS) is 1. The van der Waals surface area contributed by atoms with Crippen LogP contribution >= 0.6 is 0 Å². The van der Waals surface area contributed by atoms with Crippen molar-refractivity contribution in [2.24, 2.45) is 5.16 Å². The van der Waals surface area contributed by atoms with Crippen LogP contribution in [0, 0.1) is 0 Å². The second-order valence-electron chi connectivity index (χ2n) is 1.96. The van der Waals surface area contributed by atoms with Gasteiger partial charge in [-0.15, -0.1) is 0 Å². The van der Waals surface area contributed by atoms with Crippen molar-refractivity contribution in [3.8, 4) is 0 Å². The van der Waals surface area contributed by atoms with Gasteiger partial charge in [-0.1, -0.05) is 5.16 Å². The Balaban J connectivity index is 2.47. The minimum Gasteiger partial charge on any atom is -0.478 e. The number of hydrogen-bond acceptors (Lipinski definition) is 3. The summed E-state index contributed by atoms with van der Waals surface area (Å²) in [7, 11) is 0. The molecule has 1 atom stereocenters. The van der Waals surface area contributed by atoms with Crippen LogP contribution in [0.25, 0.3) is 0 Å². The molecule has 1 rings (SSSR count). The van der Waals surface area contributed by atoms with Crippen molar-refractivity contribution >= 4 is 11.7 Å². The molecule has 0 saturated carbocycles. The van der Waals surface area contributed by atoms with E-state index in [1.54, 1.807) is 6.92 Å². The van der Waals surface area contributed by atoms with Crippen molar-refractivity contribution in [3.63, 3.8) is 0 Å². The molecule has 1 heterocycles. The summed E-state index contributed by atoms with van der Waals surface area (Å²) in [5.74, 6) is -0.949. The Hall–Kier alpha value is -1.06. The average molecular weight is 129 g/mol. The molecule has 0 spiro atoms. The van der Waals surface area contributed by atoms with Crippen LogP contribution in [0.15, 0.2) is 5.16 Å². The molecule has 0 bridgehead atoms. The lowest BCUT2D eigenvalue weighted by molar-refractivity contribution is -0.148. The lowest BCUT2D eigenvalue weighted by Crippen LogP contribution is -2.19. The fraction of sp³-hybridized carbons (Fsp3) is 0.600. The summed E-state index contributed by atoms with van der Waals surface area (Å²) in [6, 6.07) is 0. The SMILES string of the molecule is CC1=NO[C@@H](C(=O)O)C1. The first-order valence-corrected chi connectivity index (χ1v) is 2.62. The van der Waals surface area contributed by atoms with Crippen LogP contribution in [-0.2, 0) is 9.63 Å². The summed E-state index contributed by atoms with van der Waals surface area (Å²) in [4.78, 5) is 14.7. The highest BCUT2D eigenvalue weighted by atomic mass is 16.7. The van der Waals surface area contributed by atoms with E-state index < -0.39 is 12.1 Å². The van der Waals surface area contributed by atoms with Crippen LogP contribution in [0.3, 0.4) is 0 Å². The van der Waals surface area contributed by atoms with E-state index in [0.29, 0.717) is 6.42 Å². The van der Waals surface area contributed by atoms with Gasteiger partial charge in [0.05, 0.1) is 5.71 Å². The van der Waals surface area contributed by atoms with Crippen LogP contribution in [0.5, 0.6) is 0 Å². The summed E-state index contributed by atoms with van der Waals surface area (Å²) in [6.07, 6.45) is -0.333. The van der Waals surface area contributed by atoms with Crippen LogP contribution in [0.4, 0.5) is 0 Å². The van der Waals surface area contributed by atoms with Gasteiger partial charge in [-0.2, -0.15) is 0 Å². The fourth-order valence-corrected chi connectivity index (χ4v) is 0.629. The average Bonchev–Trinajstić information content (AvgIpc) is 2.14. The second kappa shape index (κ2) is 2.05. The van der Waals surface area contributed by atoms with Gasteiger partial charge in [0.15, 0.2) is 0 Å². The smallest absolute Gasteiger partial charge is 0.348 e. The zero-order valence-corrected chi connectivity index (χ0v) is 5.00. The maximum Gasteiger partial charge on any atom is 0.348 e. The molecule has 0 aromatic heterocycles. The quantitative estimate of drug-likeness (QED) is 0.551. The van der Waals surface area contributed by atoms with Crippen LogP contribution < -0.4 is 0 Å². The van der Waals surface area contributed by atoms with Gasteiger partial charge < -0.3 is 9.94 Å². The highest BCUT2D eigenvalue weighted by Crippen LogP contribution is 2.09. The summed E-state index contributed by atoms with van der Waals surface area (Å²) < 4.78 is 0. The molecule has 50 valence electrons. The molecular formula is C5H7NO3. The third-order valence-electron chi connectivity index (χ3n) is 1.09. The zero-order valence-electron chi connectivity index (χ0n) is 5.00. The molecule has 0 fully saturated rings. The van der Waals surface area contributed by atoms with Gasteiger partial charge in [0.1, 0.15) is 0 Å². The zero-order chi connectivity index (χ0) is 6.85. The van der Waals surface area contributed by atoms with Crippen LogP contribution in [0.1, 0.15) is 13.3 Å². The monoisotopic (exact) mass is 129 g/mol. The minimum absolute atomic E-state index is 0.412. The topological polar surface area (TPSA) is 58.9 Å². The van der Waals surface area contributed by atoms with E-state index in [1.165, 1.54) is 0 Å². The molecule has 0 aliphatic carbocycles. The minimum atomic E-state index is -0.949. The van der Waals surface area contributed by atoms with E-state index in [4.69, 9.17) is 5.11 Å². The van der Waals surface area contributed by atoms with E-state index in [1.807, 2.05) is 0 Å². The molecule has 0 unspecified atom stereocenters. The highest BCUT2D eigenvalue weighted by Gasteiger charge is 2.24. The standard InChI is InChI=1S/C5H7NO3/c1-3-2-4(5(7)8)9-6-3/h4H,2H2,1H3,(H,7,8)/t4-/m1/s1. The van der Waals surface area contributed by atoms with E-state index in [0.717, 1.165) is 5.71 Å². The summed E-state index contributed by atoms with van der Waals surface area (Å²) >= 11 is 0. The number of carbonyl (C=O) groups is 1. The Morgan fingerprint density at radius 2 is 2.67 bits per heavy atom. The van der Waals surface area contributed by atoms with E-state index in [9.17, 15) is 4.79 Å². The number of nitrogens with zero attached hydrogens (tertiary/aromatic N) is 1. The molecule has 0 aromatic carbocycles. The number of aliphatic carboxylic acids is 1. The van der Waals surface area contributed by atoms with Gasteiger partial charge in [-0.05, 0) is 6.92 Å². The first kappa shape index (κ1) is 6.07. The molecular weight excluding hydrogens is 122 g/mol. The molecule has 0 amide bonds. The Morgan fingerprint density at radius 1 is 2.00 bits per heavy atom. The van der Waals surface area contributed by atoms with Crippen molar-refractivity contribution in [2.75, 3.05) is 0 Å². The van der Waals surface area contributed by atoms with E-state index >= 15 is 0 Å². The van der Waals surface area contributed by atoms with Crippen molar-refractivity contribution in [1.29, 1.82) is 0 Å². The van der Waals surface area contributed by atoms with Gasteiger partial charge >= 0.3 is 5.97 Å². The molecule has 0 aromatic rings. The first-order valence-electron chi connectivity index (χ1n) is 2.62. The maximum absolute atomic E-state index is 10.1. The maximum atomic E-state index is 10.1. The fourth-order valence-electron chi connectivity index (χ4n) is 0.629. The molecule has 0 saturated heterocycles. The predicted octanol–water partition coefficient (Wildman–Crippen LogP) is 0.236. The number of rotatable bonds is 1. The Kier molecular flexibility index (Phi) is 1.38.